The van der Waals surface area contributed by atoms with Crippen LogP contribution in [0.2, 0.25) is 0 Å². The molecule has 0 atom stereocenters. The molecule has 0 saturated heterocycles. The summed E-state index contributed by atoms with van der Waals surface area (Å²) < 4.78 is 18.6. The van der Waals surface area contributed by atoms with Crippen LogP contribution in [0.15, 0.2) is 12.1 Å². The molecule has 0 heterocycles. The Labute approximate surface area is 83.3 Å². The van der Waals surface area contributed by atoms with E-state index >= 15 is 0 Å². The average Bonchev–Trinajstić information content (AvgIpc) is 2.17. The van der Waals surface area contributed by atoms with Crippen molar-refractivity contribution >= 4 is 0 Å². The number of aliphatic hydroxyl groups is 1. The maximum absolute atomic E-state index is 13.6. The molecule has 1 N–H and O–H groups in total. The fourth-order valence-corrected chi connectivity index (χ4v) is 1.40. The van der Waals surface area contributed by atoms with Gasteiger partial charge < -0.3 is 9.84 Å². The first-order chi connectivity index (χ1) is 6.61. The minimum atomic E-state index is -0.457. The molecule has 0 aliphatic heterocycles. The van der Waals surface area contributed by atoms with E-state index in [4.69, 9.17) is 9.84 Å². The van der Waals surface area contributed by atoms with Crippen LogP contribution in [0.3, 0.4) is 0 Å². The summed E-state index contributed by atoms with van der Waals surface area (Å²) in [6.45, 7) is 3.63. The number of halogens is 1. The van der Waals surface area contributed by atoms with Gasteiger partial charge in [0.1, 0.15) is 0 Å². The van der Waals surface area contributed by atoms with Crippen molar-refractivity contribution in [3.63, 3.8) is 0 Å². The van der Waals surface area contributed by atoms with Gasteiger partial charge in [0.05, 0.1) is 13.7 Å². The maximum atomic E-state index is 13.6. The fourth-order valence-electron chi connectivity index (χ4n) is 1.40. The van der Waals surface area contributed by atoms with Gasteiger partial charge in [-0.05, 0) is 11.5 Å². The Kier molecular flexibility index (Phi) is 3.47. The van der Waals surface area contributed by atoms with Gasteiger partial charge in [-0.2, -0.15) is 0 Å². The number of methoxy groups -OCH3 is 1. The zero-order chi connectivity index (χ0) is 10.7. The summed E-state index contributed by atoms with van der Waals surface area (Å²) in [5, 5.41) is 8.87. The predicted octanol–water partition coefficient (Wildman–Crippen LogP) is 2.45. The van der Waals surface area contributed by atoms with Crippen LogP contribution in [-0.2, 0) is 6.61 Å². The molecule has 0 unspecified atom stereocenters. The van der Waals surface area contributed by atoms with Gasteiger partial charge in [0.25, 0.3) is 0 Å². The number of benzene rings is 1. The normalized spacial score (nSPS) is 10.7. The third-order valence-electron chi connectivity index (χ3n) is 2.20. The number of aliphatic hydroxyl groups excluding tert-OH is 1. The Balaban J connectivity index is 3.28. The second-order valence-corrected chi connectivity index (χ2v) is 3.47. The minimum absolute atomic E-state index is 0.201. The summed E-state index contributed by atoms with van der Waals surface area (Å²) in [6, 6.07) is 3.38. The molecule has 0 aliphatic rings. The Bertz CT molecular complexity index is 321. The SMILES string of the molecule is COc1c(C(C)C)ccc(CO)c1F. The lowest BCUT2D eigenvalue weighted by Gasteiger charge is -2.14. The molecule has 0 saturated carbocycles. The maximum Gasteiger partial charge on any atom is 0.170 e. The number of ether oxygens (including phenoxy) is 1. The van der Waals surface area contributed by atoms with Gasteiger partial charge in [0.15, 0.2) is 11.6 Å². The van der Waals surface area contributed by atoms with Gasteiger partial charge in [0.2, 0.25) is 0 Å². The van der Waals surface area contributed by atoms with Crippen LogP contribution < -0.4 is 4.74 Å². The van der Waals surface area contributed by atoms with Crippen molar-refractivity contribution in [3.05, 3.63) is 29.1 Å². The topological polar surface area (TPSA) is 29.5 Å². The van der Waals surface area contributed by atoms with Crippen LogP contribution in [0, 0.1) is 5.82 Å². The van der Waals surface area contributed by atoms with Crippen LogP contribution >= 0.6 is 0 Å². The van der Waals surface area contributed by atoms with E-state index < -0.39 is 5.82 Å². The molecule has 0 bridgehead atoms. The number of hydrogen-bond donors (Lipinski definition) is 1. The lowest BCUT2D eigenvalue weighted by atomic mass is 10.00. The number of rotatable bonds is 3. The molecular weight excluding hydrogens is 183 g/mol. The summed E-state index contributed by atoms with van der Waals surface area (Å²) >= 11 is 0. The van der Waals surface area contributed by atoms with Crippen molar-refractivity contribution in [1.82, 2.24) is 0 Å². The van der Waals surface area contributed by atoms with Gasteiger partial charge in [-0.15, -0.1) is 0 Å². The van der Waals surface area contributed by atoms with Crippen molar-refractivity contribution in [2.45, 2.75) is 26.4 Å². The Morgan fingerprint density at radius 1 is 1.43 bits per heavy atom. The van der Waals surface area contributed by atoms with Crippen molar-refractivity contribution in [2.75, 3.05) is 7.11 Å². The van der Waals surface area contributed by atoms with Gasteiger partial charge in [-0.3, -0.25) is 0 Å². The zero-order valence-corrected chi connectivity index (χ0v) is 8.67. The van der Waals surface area contributed by atoms with Crippen LogP contribution in [0.5, 0.6) is 5.75 Å². The highest BCUT2D eigenvalue weighted by molar-refractivity contribution is 5.41. The monoisotopic (exact) mass is 198 g/mol. The molecule has 1 aromatic rings. The molecule has 2 nitrogen and oxygen atoms in total. The quantitative estimate of drug-likeness (QED) is 0.808. The summed E-state index contributed by atoms with van der Waals surface area (Å²) in [7, 11) is 1.44. The first-order valence-electron chi connectivity index (χ1n) is 4.58. The number of hydrogen-bond acceptors (Lipinski definition) is 2. The molecule has 3 heteroatoms. The van der Waals surface area contributed by atoms with E-state index in [9.17, 15) is 4.39 Å². The lowest BCUT2D eigenvalue weighted by molar-refractivity contribution is 0.272. The Morgan fingerprint density at radius 2 is 2.07 bits per heavy atom. The summed E-state index contributed by atoms with van der Waals surface area (Å²) in [5.41, 5.74) is 1.09. The molecule has 0 spiro atoms. The van der Waals surface area contributed by atoms with Crippen molar-refractivity contribution in [1.29, 1.82) is 0 Å². The van der Waals surface area contributed by atoms with Crippen molar-refractivity contribution in [3.8, 4) is 5.75 Å². The summed E-state index contributed by atoms with van der Waals surface area (Å²) in [6.07, 6.45) is 0. The van der Waals surface area contributed by atoms with Gasteiger partial charge in [0, 0.05) is 5.56 Å². The second-order valence-electron chi connectivity index (χ2n) is 3.47. The molecule has 0 fully saturated rings. The van der Waals surface area contributed by atoms with Crippen LogP contribution in [0.4, 0.5) is 4.39 Å². The first kappa shape index (κ1) is 11.0. The van der Waals surface area contributed by atoms with Crippen LogP contribution in [-0.4, -0.2) is 12.2 Å². The van der Waals surface area contributed by atoms with E-state index in [-0.39, 0.29) is 23.8 Å². The van der Waals surface area contributed by atoms with Crippen LogP contribution in [0.1, 0.15) is 30.9 Å². The summed E-state index contributed by atoms with van der Waals surface area (Å²) in [5.74, 6) is -0.0139. The van der Waals surface area contributed by atoms with Gasteiger partial charge >= 0.3 is 0 Å². The largest absolute Gasteiger partial charge is 0.493 e. The highest BCUT2D eigenvalue weighted by Gasteiger charge is 2.15. The van der Waals surface area contributed by atoms with E-state index in [0.29, 0.717) is 0 Å². The van der Waals surface area contributed by atoms with E-state index in [0.717, 1.165) is 5.56 Å². The second kappa shape index (κ2) is 4.42. The highest BCUT2D eigenvalue weighted by atomic mass is 19.1. The Hall–Kier alpha value is -1.09. The molecule has 78 valence electrons. The van der Waals surface area contributed by atoms with Gasteiger partial charge in [-0.25, -0.2) is 4.39 Å². The summed E-state index contributed by atoms with van der Waals surface area (Å²) in [4.78, 5) is 0. The minimum Gasteiger partial charge on any atom is -0.493 e. The first-order valence-corrected chi connectivity index (χ1v) is 4.58. The molecule has 0 aliphatic carbocycles. The Morgan fingerprint density at radius 3 is 2.50 bits per heavy atom. The molecule has 0 amide bonds. The van der Waals surface area contributed by atoms with Crippen molar-refractivity contribution in [2.24, 2.45) is 0 Å². The molecule has 1 aromatic carbocycles. The van der Waals surface area contributed by atoms with E-state index in [1.54, 1.807) is 12.1 Å². The molecule has 14 heavy (non-hydrogen) atoms. The molecule has 0 aromatic heterocycles. The highest BCUT2D eigenvalue weighted by Crippen LogP contribution is 2.30. The fraction of sp³-hybridized carbons (Fsp3) is 0.455. The van der Waals surface area contributed by atoms with E-state index in [1.165, 1.54) is 7.11 Å². The third kappa shape index (κ3) is 1.87. The van der Waals surface area contributed by atoms with Crippen LogP contribution in [0.25, 0.3) is 0 Å². The van der Waals surface area contributed by atoms with Gasteiger partial charge in [-0.1, -0.05) is 26.0 Å². The molecular formula is C11H15FO2. The van der Waals surface area contributed by atoms with E-state index in [2.05, 4.69) is 0 Å². The third-order valence-corrected chi connectivity index (χ3v) is 2.20. The lowest BCUT2D eigenvalue weighted by Crippen LogP contribution is -2.01. The molecule has 1 rings (SSSR count). The van der Waals surface area contributed by atoms with E-state index in [1.807, 2.05) is 13.8 Å². The zero-order valence-electron chi connectivity index (χ0n) is 8.67. The average molecular weight is 198 g/mol. The standard InChI is InChI=1S/C11H15FO2/c1-7(2)9-5-4-8(6-13)10(12)11(9)14-3/h4-5,7,13H,6H2,1-3H3. The predicted molar refractivity (Wildman–Crippen MR) is 53.0 cm³/mol. The molecule has 0 radical (unpaired) electrons. The smallest absolute Gasteiger partial charge is 0.170 e. The van der Waals surface area contributed by atoms with Crippen molar-refractivity contribution < 1.29 is 14.2 Å².